The van der Waals surface area contributed by atoms with Crippen LogP contribution in [0, 0.1) is 5.92 Å². The Kier molecular flexibility index (Phi) is 4.85. The van der Waals surface area contributed by atoms with Crippen molar-refractivity contribution >= 4 is 0 Å². The second-order valence-electron chi connectivity index (χ2n) is 4.75. The summed E-state index contributed by atoms with van der Waals surface area (Å²) in [6.07, 6.45) is 3.81. The van der Waals surface area contributed by atoms with E-state index in [1.165, 1.54) is 25.9 Å². The van der Waals surface area contributed by atoms with Crippen LogP contribution >= 0.6 is 0 Å². The molecule has 0 bridgehead atoms. The van der Waals surface area contributed by atoms with Crippen LogP contribution in [0.25, 0.3) is 0 Å². The lowest BCUT2D eigenvalue weighted by Gasteiger charge is -2.37. The minimum absolute atomic E-state index is 0.689. The number of hydrogen-bond acceptors (Lipinski definition) is 3. The molecule has 0 amide bonds. The highest BCUT2D eigenvalue weighted by molar-refractivity contribution is 4.81. The molecule has 1 saturated heterocycles. The fourth-order valence-corrected chi connectivity index (χ4v) is 2.50. The van der Waals surface area contributed by atoms with Crippen molar-refractivity contribution < 1.29 is 0 Å². The predicted octanol–water partition coefficient (Wildman–Crippen LogP) is 0.607. The zero-order valence-corrected chi connectivity index (χ0v) is 9.87. The van der Waals surface area contributed by atoms with Gasteiger partial charge in [0.15, 0.2) is 0 Å². The monoisotopic (exact) mass is 199 g/mol. The molecule has 0 spiro atoms. The van der Waals surface area contributed by atoms with Crippen LogP contribution in [0.3, 0.4) is 0 Å². The molecule has 14 heavy (non-hydrogen) atoms. The number of nitrogens with zero attached hydrogens (tertiary/aromatic N) is 2. The van der Waals surface area contributed by atoms with Gasteiger partial charge in [0, 0.05) is 6.04 Å². The quantitative estimate of drug-likeness (QED) is 0.720. The molecule has 84 valence electrons. The van der Waals surface area contributed by atoms with Crippen molar-refractivity contribution in [3.8, 4) is 0 Å². The molecule has 1 atom stereocenters. The summed E-state index contributed by atoms with van der Waals surface area (Å²) in [5.74, 6) is 0.852. The Morgan fingerprint density at radius 2 is 1.93 bits per heavy atom. The van der Waals surface area contributed by atoms with Gasteiger partial charge in [-0.1, -0.05) is 0 Å². The van der Waals surface area contributed by atoms with E-state index in [1.54, 1.807) is 0 Å². The molecular formula is C11H25N3. The highest BCUT2D eigenvalue weighted by Gasteiger charge is 2.25. The minimum Gasteiger partial charge on any atom is -0.330 e. The normalized spacial score (nSPS) is 22.9. The van der Waals surface area contributed by atoms with Crippen molar-refractivity contribution in [1.29, 1.82) is 0 Å². The fourth-order valence-electron chi connectivity index (χ4n) is 2.50. The molecule has 0 aromatic heterocycles. The van der Waals surface area contributed by atoms with E-state index in [-0.39, 0.29) is 0 Å². The SMILES string of the molecule is CN1CCC(C(CCN)N(C)C)CC1. The summed E-state index contributed by atoms with van der Waals surface area (Å²) >= 11 is 0. The third-order valence-electron chi connectivity index (χ3n) is 3.43. The maximum Gasteiger partial charge on any atom is 0.0130 e. The second-order valence-corrected chi connectivity index (χ2v) is 4.75. The topological polar surface area (TPSA) is 32.5 Å². The van der Waals surface area contributed by atoms with Crippen LogP contribution in [-0.2, 0) is 0 Å². The summed E-state index contributed by atoms with van der Waals surface area (Å²) < 4.78 is 0. The van der Waals surface area contributed by atoms with Gasteiger partial charge in [0.25, 0.3) is 0 Å². The number of likely N-dealkylation sites (tertiary alicyclic amines) is 1. The van der Waals surface area contributed by atoms with Gasteiger partial charge in [-0.3, -0.25) is 0 Å². The van der Waals surface area contributed by atoms with E-state index in [0.29, 0.717) is 6.04 Å². The summed E-state index contributed by atoms with van der Waals surface area (Å²) in [4.78, 5) is 4.77. The first kappa shape index (κ1) is 12.0. The maximum absolute atomic E-state index is 5.66. The summed E-state index contributed by atoms with van der Waals surface area (Å²) in [5, 5.41) is 0. The van der Waals surface area contributed by atoms with Gasteiger partial charge in [-0.15, -0.1) is 0 Å². The Morgan fingerprint density at radius 3 is 2.36 bits per heavy atom. The third kappa shape index (κ3) is 3.23. The van der Waals surface area contributed by atoms with Gasteiger partial charge in [-0.2, -0.15) is 0 Å². The van der Waals surface area contributed by atoms with Gasteiger partial charge in [0.2, 0.25) is 0 Å². The van der Waals surface area contributed by atoms with Crippen molar-refractivity contribution in [1.82, 2.24) is 9.80 Å². The van der Waals surface area contributed by atoms with Crippen molar-refractivity contribution in [2.75, 3.05) is 40.8 Å². The molecule has 1 heterocycles. The van der Waals surface area contributed by atoms with Crippen LogP contribution in [-0.4, -0.2) is 56.6 Å². The van der Waals surface area contributed by atoms with Crippen LogP contribution in [0.2, 0.25) is 0 Å². The second kappa shape index (κ2) is 5.69. The van der Waals surface area contributed by atoms with Crippen LogP contribution in [0.15, 0.2) is 0 Å². The molecule has 0 radical (unpaired) electrons. The smallest absolute Gasteiger partial charge is 0.0130 e. The van der Waals surface area contributed by atoms with Gasteiger partial charge in [0.05, 0.1) is 0 Å². The molecular weight excluding hydrogens is 174 g/mol. The zero-order valence-electron chi connectivity index (χ0n) is 9.87. The summed E-state index contributed by atoms with van der Waals surface area (Å²) in [6.45, 7) is 3.31. The molecule has 3 heteroatoms. The Balaban J connectivity index is 2.43. The maximum atomic E-state index is 5.66. The predicted molar refractivity (Wildman–Crippen MR) is 61.4 cm³/mol. The third-order valence-corrected chi connectivity index (χ3v) is 3.43. The van der Waals surface area contributed by atoms with Gasteiger partial charge in [-0.25, -0.2) is 0 Å². The van der Waals surface area contributed by atoms with Crippen molar-refractivity contribution in [2.45, 2.75) is 25.3 Å². The fraction of sp³-hybridized carbons (Fsp3) is 1.00. The number of hydrogen-bond donors (Lipinski definition) is 1. The lowest BCUT2D eigenvalue weighted by atomic mass is 9.87. The highest BCUT2D eigenvalue weighted by Crippen LogP contribution is 2.23. The lowest BCUT2D eigenvalue weighted by Crippen LogP contribution is -2.42. The largest absolute Gasteiger partial charge is 0.330 e. The Labute approximate surface area is 88.2 Å². The molecule has 1 unspecified atom stereocenters. The van der Waals surface area contributed by atoms with E-state index in [0.717, 1.165) is 18.9 Å². The standard InChI is InChI=1S/C11H25N3/c1-13(2)11(4-7-12)10-5-8-14(3)9-6-10/h10-11H,4-9,12H2,1-3H3. The molecule has 1 fully saturated rings. The molecule has 0 aliphatic carbocycles. The first-order valence-corrected chi connectivity index (χ1v) is 5.70. The zero-order chi connectivity index (χ0) is 10.6. The summed E-state index contributed by atoms with van der Waals surface area (Å²) in [5.41, 5.74) is 5.66. The van der Waals surface area contributed by atoms with Crippen LogP contribution in [0.5, 0.6) is 0 Å². The van der Waals surface area contributed by atoms with Crippen LogP contribution in [0.1, 0.15) is 19.3 Å². The van der Waals surface area contributed by atoms with Crippen LogP contribution in [0.4, 0.5) is 0 Å². The highest BCUT2D eigenvalue weighted by atomic mass is 15.1. The van der Waals surface area contributed by atoms with Gasteiger partial charge < -0.3 is 15.5 Å². The Hall–Kier alpha value is -0.120. The lowest BCUT2D eigenvalue weighted by molar-refractivity contribution is 0.126. The number of nitrogens with two attached hydrogens (primary N) is 1. The van der Waals surface area contributed by atoms with E-state index in [4.69, 9.17) is 5.73 Å². The minimum atomic E-state index is 0.689. The number of rotatable bonds is 4. The van der Waals surface area contributed by atoms with E-state index >= 15 is 0 Å². The van der Waals surface area contributed by atoms with Crippen molar-refractivity contribution in [2.24, 2.45) is 11.7 Å². The molecule has 0 saturated carbocycles. The summed E-state index contributed by atoms with van der Waals surface area (Å²) in [7, 11) is 6.57. The van der Waals surface area contributed by atoms with E-state index in [2.05, 4.69) is 30.9 Å². The van der Waals surface area contributed by atoms with E-state index in [9.17, 15) is 0 Å². The average molecular weight is 199 g/mol. The van der Waals surface area contributed by atoms with Gasteiger partial charge in [-0.05, 0) is 66.0 Å². The van der Waals surface area contributed by atoms with Gasteiger partial charge in [0.1, 0.15) is 0 Å². The van der Waals surface area contributed by atoms with E-state index < -0.39 is 0 Å². The Bertz CT molecular complexity index is 151. The van der Waals surface area contributed by atoms with Crippen molar-refractivity contribution in [3.63, 3.8) is 0 Å². The first-order chi connectivity index (χ1) is 6.65. The van der Waals surface area contributed by atoms with Crippen LogP contribution < -0.4 is 5.73 Å². The number of piperidine rings is 1. The molecule has 0 aromatic rings. The molecule has 1 aliphatic rings. The van der Waals surface area contributed by atoms with Crippen molar-refractivity contribution in [3.05, 3.63) is 0 Å². The molecule has 1 aliphatic heterocycles. The molecule has 0 aromatic carbocycles. The molecule has 3 nitrogen and oxygen atoms in total. The molecule has 1 rings (SSSR count). The van der Waals surface area contributed by atoms with Gasteiger partial charge >= 0.3 is 0 Å². The van der Waals surface area contributed by atoms with E-state index in [1.807, 2.05) is 0 Å². The summed E-state index contributed by atoms with van der Waals surface area (Å²) in [6, 6.07) is 0.689. The average Bonchev–Trinajstić information content (AvgIpc) is 2.15. The molecule has 2 N–H and O–H groups in total. The first-order valence-electron chi connectivity index (χ1n) is 5.70. The Morgan fingerprint density at radius 1 is 1.36 bits per heavy atom.